The van der Waals surface area contributed by atoms with Crippen molar-refractivity contribution in [2.45, 2.75) is 5.75 Å². The Morgan fingerprint density at radius 1 is 1.43 bits per heavy atom. The van der Waals surface area contributed by atoms with Gasteiger partial charge in [-0.3, -0.25) is 0 Å². The smallest absolute Gasteiger partial charge is 0.124 e. The largest absolute Gasteiger partial charge is 0.384 e. The number of rotatable bonds is 5. The number of hydrogen-bond donors (Lipinski definition) is 0. The topological polar surface area (TPSA) is 9.23 Å². The molecule has 1 nitrogen and oxygen atoms in total. The van der Waals surface area contributed by atoms with Gasteiger partial charge in [-0.1, -0.05) is 15.9 Å². The number of halogens is 2. The van der Waals surface area contributed by atoms with E-state index in [0.29, 0.717) is 0 Å². The second kappa shape index (κ2) is 6.43. The Balaban J connectivity index is 2.42. The zero-order valence-corrected chi connectivity index (χ0v) is 10.3. The summed E-state index contributed by atoms with van der Waals surface area (Å²) < 4.78 is 18.7. The first kappa shape index (κ1) is 12.0. The highest BCUT2D eigenvalue weighted by Crippen LogP contribution is 2.18. The maximum Gasteiger partial charge on any atom is 0.124 e. The molecule has 0 spiro atoms. The van der Waals surface area contributed by atoms with E-state index >= 15 is 0 Å². The third-order valence-electron chi connectivity index (χ3n) is 1.62. The Kier molecular flexibility index (Phi) is 5.52. The van der Waals surface area contributed by atoms with Crippen LogP contribution >= 0.6 is 27.7 Å². The first-order valence-corrected chi connectivity index (χ1v) is 6.19. The quantitative estimate of drug-likeness (QED) is 0.763. The van der Waals surface area contributed by atoms with Crippen molar-refractivity contribution in [3.05, 3.63) is 34.1 Å². The molecule has 0 saturated heterocycles. The summed E-state index contributed by atoms with van der Waals surface area (Å²) >= 11 is 5.00. The SMILES string of the molecule is COCCSCc1cc(F)cc(Br)c1. The Labute approximate surface area is 96.2 Å². The second-order valence-electron chi connectivity index (χ2n) is 2.82. The Bertz CT molecular complexity index is 273. The van der Waals surface area contributed by atoms with E-state index in [1.807, 2.05) is 6.07 Å². The molecular formula is C10H12BrFOS. The maximum atomic E-state index is 12.9. The fraction of sp³-hybridized carbons (Fsp3) is 0.400. The number of thioether (sulfide) groups is 1. The molecule has 14 heavy (non-hydrogen) atoms. The van der Waals surface area contributed by atoms with Crippen LogP contribution in [0.2, 0.25) is 0 Å². The van der Waals surface area contributed by atoms with E-state index in [0.717, 1.165) is 28.1 Å². The van der Waals surface area contributed by atoms with Crippen LogP contribution in [0.25, 0.3) is 0 Å². The highest BCUT2D eigenvalue weighted by atomic mass is 79.9. The lowest BCUT2D eigenvalue weighted by atomic mass is 10.2. The monoisotopic (exact) mass is 278 g/mol. The van der Waals surface area contributed by atoms with Crippen molar-refractivity contribution >= 4 is 27.7 Å². The molecule has 0 heterocycles. The minimum absolute atomic E-state index is 0.193. The van der Waals surface area contributed by atoms with Crippen LogP contribution in [0.4, 0.5) is 4.39 Å². The summed E-state index contributed by atoms with van der Waals surface area (Å²) in [7, 11) is 1.68. The third-order valence-corrected chi connectivity index (χ3v) is 3.07. The molecule has 0 fully saturated rings. The van der Waals surface area contributed by atoms with E-state index in [-0.39, 0.29) is 5.82 Å². The van der Waals surface area contributed by atoms with Crippen molar-refractivity contribution in [3.63, 3.8) is 0 Å². The molecule has 78 valence electrons. The van der Waals surface area contributed by atoms with E-state index < -0.39 is 0 Å². The summed E-state index contributed by atoms with van der Waals surface area (Å²) in [6.07, 6.45) is 0. The zero-order chi connectivity index (χ0) is 10.4. The van der Waals surface area contributed by atoms with Crippen molar-refractivity contribution in [1.29, 1.82) is 0 Å². The number of ether oxygens (including phenoxy) is 1. The van der Waals surface area contributed by atoms with Crippen molar-refractivity contribution < 1.29 is 9.13 Å². The van der Waals surface area contributed by atoms with Gasteiger partial charge in [0.05, 0.1) is 6.61 Å². The van der Waals surface area contributed by atoms with E-state index in [1.165, 1.54) is 6.07 Å². The zero-order valence-electron chi connectivity index (χ0n) is 7.93. The number of hydrogen-bond acceptors (Lipinski definition) is 2. The molecule has 0 unspecified atom stereocenters. The molecule has 0 radical (unpaired) electrons. The molecule has 0 aliphatic heterocycles. The van der Waals surface area contributed by atoms with Gasteiger partial charge < -0.3 is 4.74 Å². The minimum Gasteiger partial charge on any atom is -0.384 e. The molecule has 1 aromatic rings. The van der Waals surface area contributed by atoms with Crippen LogP contribution in [0, 0.1) is 5.82 Å². The summed E-state index contributed by atoms with van der Waals surface area (Å²) in [5.74, 6) is 1.56. The van der Waals surface area contributed by atoms with Gasteiger partial charge >= 0.3 is 0 Å². The standard InChI is InChI=1S/C10H12BrFOS/c1-13-2-3-14-7-8-4-9(11)6-10(12)5-8/h4-6H,2-3,7H2,1H3. The minimum atomic E-state index is -0.193. The molecule has 0 aliphatic rings. The van der Waals surface area contributed by atoms with Gasteiger partial charge in [0.2, 0.25) is 0 Å². The fourth-order valence-electron chi connectivity index (χ4n) is 1.03. The molecular weight excluding hydrogens is 267 g/mol. The average molecular weight is 279 g/mol. The molecule has 0 amide bonds. The molecule has 1 aromatic carbocycles. The van der Waals surface area contributed by atoms with Crippen LogP contribution in [0.15, 0.2) is 22.7 Å². The summed E-state index contributed by atoms with van der Waals surface area (Å²) in [5.41, 5.74) is 0.998. The second-order valence-corrected chi connectivity index (χ2v) is 4.84. The molecule has 0 aliphatic carbocycles. The Hall–Kier alpha value is -0.0600. The summed E-state index contributed by atoms with van der Waals surface area (Å²) in [5, 5.41) is 0. The first-order chi connectivity index (χ1) is 6.72. The Morgan fingerprint density at radius 3 is 2.86 bits per heavy atom. The molecule has 0 saturated carbocycles. The number of methoxy groups -OCH3 is 1. The van der Waals surface area contributed by atoms with Crippen LogP contribution < -0.4 is 0 Å². The number of benzene rings is 1. The average Bonchev–Trinajstić information content (AvgIpc) is 2.11. The van der Waals surface area contributed by atoms with Crippen molar-refractivity contribution in [3.8, 4) is 0 Å². The van der Waals surface area contributed by atoms with Gasteiger partial charge in [0.15, 0.2) is 0 Å². The summed E-state index contributed by atoms with van der Waals surface area (Å²) in [4.78, 5) is 0. The van der Waals surface area contributed by atoms with Crippen molar-refractivity contribution in [2.75, 3.05) is 19.5 Å². The lowest BCUT2D eigenvalue weighted by Gasteiger charge is -2.02. The van der Waals surface area contributed by atoms with Crippen molar-refractivity contribution in [2.24, 2.45) is 0 Å². The van der Waals surface area contributed by atoms with Gasteiger partial charge in [0.25, 0.3) is 0 Å². The van der Waals surface area contributed by atoms with E-state index in [9.17, 15) is 4.39 Å². The van der Waals surface area contributed by atoms with Crippen LogP contribution in [-0.2, 0) is 10.5 Å². The Morgan fingerprint density at radius 2 is 2.21 bits per heavy atom. The van der Waals surface area contributed by atoms with Crippen LogP contribution in [0.3, 0.4) is 0 Å². The van der Waals surface area contributed by atoms with Crippen LogP contribution in [-0.4, -0.2) is 19.5 Å². The van der Waals surface area contributed by atoms with E-state index in [2.05, 4.69) is 15.9 Å². The van der Waals surface area contributed by atoms with Gasteiger partial charge in [-0.15, -0.1) is 0 Å². The predicted molar refractivity (Wildman–Crippen MR) is 62.1 cm³/mol. The van der Waals surface area contributed by atoms with E-state index in [4.69, 9.17) is 4.74 Å². The van der Waals surface area contributed by atoms with Crippen LogP contribution in [0.1, 0.15) is 5.56 Å². The first-order valence-electron chi connectivity index (χ1n) is 4.24. The maximum absolute atomic E-state index is 12.9. The van der Waals surface area contributed by atoms with Crippen LogP contribution in [0.5, 0.6) is 0 Å². The van der Waals surface area contributed by atoms with Gasteiger partial charge in [-0.25, -0.2) is 4.39 Å². The van der Waals surface area contributed by atoms with Crippen molar-refractivity contribution in [1.82, 2.24) is 0 Å². The lowest BCUT2D eigenvalue weighted by Crippen LogP contribution is -1.92. The van der Waals surface area contributed by atoms with Gasteiger partial charge in [-0.2, -0.15) is 11.8 Å². The van der Waals surface area contributed by atoms with E-state index in [1.54, 1.807) is 24.9 Å². The normalized spacial score (nSPS) is 10.5. The molecule has 1 rings (SSSR count). The van der Waals surface area contributed by atoms with Gasteiger partial charge in [0, 0.05) is 23.1 Å². The predicted octanol–water partition coefficient (Wildman–Crippen LogP) is 3.47. The van der Waals surface area contributed by atoms with Gasteiger partial charge in [-0.05, 0) is 23.8 Å². The molecule has 0 aromatic heterocycles. The molecule has 4 heteroatoms. The lowest BCUT2D eigenvalue weighted by molar-refractivity contribution is 0.218. The highest BCUT2D eigenvalue weighted by Gasteiger charge is 1.99. The molecule has 0 N–H and O–H groups in total. The van der Waals surface area contributed by atoms with Gasteiger partial charge in [0.1, 0.15) is 5.82 Å². The summed E-state index contributed by atoms with van der Waals surface area (Å²) in [6, 6.07) is 4.96. The fourth-order valence-corrected chi connectivity index (χ4v) is 2.37. The third kappa shape index (κ3) is 4.44. The molecule has 0 atom stereocenters. The highest BCUT2D eigenvalue weighted by molar-refractivity contribution is 9.10. The summed E-state index contributed by atoms with van der Waals surface area (Å²) in [6.45, 7) is 0.737. The molecule has 0 bridgehead atoms.